The van der Waals surface area contributed by atoms with E-state index in [4.69, 9.17) is 16.3 Å². The fourth-order valence-corrected chi connectivity index (χ4v) is 5.59. The molecule has 2 unspecified atom stereocenters. The molecule has 0 bridgehead atoms. The Morgan fingerprint density at radius 1 is 1.11 bits per heavy atom. The normalized spacial score (nSPS) is 17.1. The van der Waals surface area contributed by atoms with Crippen LogP contribution in [0.1, 0.15) is 74.5 Å². The second-order valence-electron chi connectivity index (χ2n) is 11.3. The summed E-state index contributed by atoms with van der Waals surface area (Å²) in [6, 6.07) is 7.87. The summed E-state index contributed by atoms with van der Waals surface area (Å²) < 4.78 is 34.7. The van der Waals surface area contributed by atoms with Crippen LogP contribution in [0.25, 0.3) is 0 Å². The van der Waals surface area contributed by atoms with Crippen LogP contribution in [-0.4, -0.2) is 76.7 Å². The van der Waals surface area contributed by atoms with Crippen LogP contribution in [0.2, 0.25) is 5.02 Å². The van der Waals surface area contributed by atoms with Crippen LogP contribution in [0.5, 0.6) is 0 Å². The predicted octanol–water partition coefficient (Wildman–Crippen LogP) is 4.72. The Morgan fingerprint density at radius 3 is 2.37 bits per heavy atom. The van der Waals surface area contributed by atoms with E-state index in [0.29, 0.717) is 23.2 Å². The van der Waals surface area contributed by atoms with Crippen LogP contribution >= 0.6 is 11.6 Å². The molecular weight excluding hydrogens is 622 g/mol. The molecule has 10 nitrogen and oxygen atoms in total. The molecule has 2 heterocycles. The van der Waals surface area contributed by atoms with Gasteiger partial charge in [-0.1, -0.05) is 70.5 Å². The fraction of sp³-hybridized carbons (Fsp3) is 0.485. The first-order chi connectivity index (χ1) is 21.8. The number of piperidine rings is 1. The lowest BCUT2D eigenvalue weighted by molar-refractivity contribution is -0.167. The summed E-state index contributed by atoms with van der Waals surface area (Å²) >= 11 is 5.75. The maximum atomic E-state index is 14.6. The van der Waals surface area contributed by atoms with Crippen LogP contribution in [0, 0.1) is 5.92 Å². The van der Waals surface area contributed by atoms with Crippen molar-refractivity contribution in [1.29, 1.82) is 0 Å². The average Bonchev–Trinajstić information content (AvgIpc) is 3.35. The standard InChI is InChI=1S/C31H35ClF2N4O6.C2H6/c1-5-36(4)26(18(2)3)29(42)44-17-38-25(39)13-12-24(28(38)41)37-16-20-14-19(6-11-23(20)27(37)40)15-35-30(43)31(33,34)21-7-9-22(32)10-8-21;1-2/h6-11,14,18,24,26H,5,12-13,15-17H2,1-4H3,(H,35,43);1-2H3. The average molecular weight is 663 g/mol. The number of esters is 1. The van der Waals surface area contributed by atoms with Crippen molar-refractivity contribution in [3.63, 3.8) is 0 Å². The number of likely N-dealkylation sites (N-methyl/N-ethyl adjacent to an activating group) is 1. The maximum Gasteiger partial charge on any atom is 0.349 e. The van der Waals surface area contributed by atoms with E-state index in [9.17, 15) is 32.8 Å². The van der Waals surface area contributed by atoms with Gasteiger partial charge < -0.3 is 15.0 Å². The zero-order valence-corrected chi connectivity index (χ0v) is 27.7. The van der Waals surface area contributed by atoms with Crippen molar-refractivity contribution in [2.24, 2.45) is 5.92 Å². The Balaban J connectivity index is 0.00000282. The Morgan fingerprint density at radius 2 is 1.76 bits per heavy atom. The highest BCUT2D eigenvalue weighted by Gasteiger charge is 2.44. The third-order valence-corrected chi connectivity index (χ3v) is 8.24. The van der Waals surface area contributed by atoms with E-state index in [0.717, 1.165) is 17.0 Å². The second-order valence-corrected chi connectivity index (χ2v) is 11.7. The molecule has 0 radical (unpaired) electrons. The van der Waals surface area contributed by atoms with Crippen LogP contribution in [-0.2, 0) is 42.9 Å². The van der Waals surface area contributed by atoms with E-state index in [1.54, 1.807) is 13.1 Å². The summed E-state index contributed by atoms with van der Waals surface area (Å²) in [6.07, 6.45) is 0.0907. The number of alkyl halides is 2. The lowest BCUT2D eigenvalue weighted by Crippen LogP contribution is -2.55. The van der Waals surface area contributed by atoms with Gasteiger partial charge in [0.15, 0.2) is 6.73 Å². The molecule has 2 aliphatic rings. The molecule has 0 aliphatic carbocycles. The molecule has 4 amide bonds. The number of imide groups is 1. The number of halogens is 3. The van der Waals surface area contributed by atoms with E-state index in [1.807, 2.05) is 39.5 Å². The Bertz CT molecular complexity index is 1450. The second kappa shape index (κ2) is 15.6. The van der Waals surface area contributed by atoms with E-state index < -0.39 is 59.9 Å². The Kier molecular flexibility index (Phi) is 12.4. The number of hydrogen-bond donors (Lipinski definition) is 1. The van der Waals surface area contributed by atoms with Crippen molar-refractivity contribution in [3.05, 3.63) is 69.7 Å². The van der Waals surface area contributed by atoms with Gasteiger partial charge in [0.2, 0.25) is 5.91 Å². The van der Waals surface area contributed by atoms with Gasteiger partial charge in [-0.15, -0.1) is 0 Å². The molecule has 1 fully saturated rings. The molecule has 0 aromatic heterocycles. The number of carbonyl (C=O) groups excluding carboxylic acids is 5. The van der Waals surface area contributed by atoms with Gasteiger partial charge in [0.05, 0.1) is 0 Å². The van der Waals surface area contributed by atoms with Gasteiger partial charge in [0, 0.05) is 35.7 Å². The quantitative estimate of drug-likeness (QED) is 0.273. The minimum Gasteiger partial charge on any atom is -0.443 e. The monoisotopic (exact) mass is 662 g/mol. The van der Waals surface area contributed by atoms with Gasteiger partial charge >= 0.3 is 11.9 Å². The lowest BCUT2D eigenvalue weighted by atomic mass is 10.0. The van der Waals surface area contributed by atoms with Crippen molar-refractivity contribution in [2.75, 3.05) is 20.3 Å². The zero-order valence-electron chi connectivity index (χ0n) is 26.9. The highest BCUT2D eigenvalue weighted by Crippen LogP contribution is 2.31. The molecule has 2 aromatic carbocycles. The molecule has 4 rings (SSSR count). The number of hydrogen-bond acceptors (Lipinski definition) is 7. The molecule has 0 saturated carbocycles. The summed E-state index contributed by atoms with van der Waals surface area (Å²) in [6.45, 7) is 9.53. The molecule has 46 heavy (non-hydrogen) atoms. The van der Waals surface area contributed by atoms with Crippen molar-refractivity contribution >= 4 is 41.2 Å². The Labute approximate surface area is 273 Å². The van der Waals surface area contributed by atoms with Gasteiger partial charge in [0.1, 0.15) is 12.1 Å². The lowest BCUT2D eigenvalue weighted by Gasteiger charge is -2.35. The smallest absolute Gasteiger partial charge is 0.349 e. The summed E-state index contributed by atoms with van der Waals surface area (Å²) in [5, 5.41) is 2.50. The van der Waals surface area contributed by atoms with Crippen molar-refractivity contribution in [1.82, 2.24) is 20.0 Å². The predicted molar refractivity (Wildman–Crippen MR) is 168 cm³/mol. The molecule has 2 aliphatic heterocycles. The topological polar surface area (TPSA) is 116 Å². The minimum absolute atomic E-state index is 0.0182. The van der Waals surface area contributed by atoms with Gasteiger partial charge in [-0.3, -0.25) is 28.9 Å². The third kappa shape index (κ3) is 7.90. The van der Waals surface area contributed by atoms with Crippen molar-refractivity contribution in [3.8, 4) is 0 Å². The SMILES string of the molecule is CC.CCN(C)C(C(=O)OCN1C(=O)CCC(N2Cc3cc(CNC(=O)C(F)(F)c4ccc(Cl)cc4)ccc3C2=O)C1=O)C(C)C. The molecular formula is C33H41ClF2N4O6. The number of nitrogens with zero attached hydrogens (tertiary/aromatic N) is 3. The van der Waals surface area contributed by atoms with Crippen molar-refractivity contribution < 1.29 is 37.5 Å². The van der Waals surface area contributed by atoms with E-state index >= 15 is 0 Å². The van der Waals surface area contributed by atoms with Crippen molar-refractivity contribution in [2.45, 2.75) is 78.6 Å². The van der Waals surface area contributed by atoms with Crippen LogP contribution in [0.4, 0.5) is 8.78 Å². The highest BCUT2D eigenvalue weighted by molar-refractivity contribution is 6.30. The Hall–Kier alpha value is -3.90. The van der Waals surface area contributed by atoms with Crippen LogP contribution in [0.3, 0.4) is 0 Å². The molecule has 0 spiro atoms. The van der Waals surface area contributed by atoms with Gasteiger partial charge in [-0.25, -0.2) is 4.90 Å². The highest BCUT2D eigenvalue weighted by atomic mass is 35.5. The maximum absolute atomic E-state index is 14.6. The number of nitrogens with one attached hydrogen (secondary N) is 1. The fourth-order valence-electron chi connectivity index (χ4n) is 5.46. The zero-order chi connectivity index (χ0) is 34.3. The third-order valence-electron chi connectivity index (χ3n) is 7.99. The van der Waals surface area contributed by atoms with Gasteiger partial charge in [-0.2, -0.15) is 8.78 Å². The summed E-state index contributed by atoms with van der Waals surface area (Å²) in [4.78, 5) is 68.4. The van der Waals surface area contributed by atoms with Gasteiger partial charge in [0.25, 0.3) is 17.7 Å². The van der Waals surface area contributed by atoms with E-state index in [1.165, 1.54) is 29.2 Å². The largest absolute Gasteiger partial charge is 0.443 e. The van der Waals surface area contributed by atoms with E-state index in [-0.39, 0.29) is 36.9 Å². The molecule has 250 valence electrons. The molecule has 1 N–H and O–H groups in total. The molecule has 2 aromatic rings. The molecule has 2 atom stereocenters. The first-order valence-electron chi connectivity index (χ1n) is 15.3. The van der Waals surface area contributed by atoms with Crippen LogP contribution in [0.15, 0.2) is 42.5 Å². The van der Waals surface area contributed by atoms with E-state index in [2.05, 4.69) is 5.32 Å². The molecule has 1 saturated heterocycles. The first kappa shape index (κ1) is 36.6. The number of ether oxygens (including phenoxy) is 1. The number of likely N-dealkylation sites (tertiary alicyclic amines) is 1. The van der Waals surface area contributed by atoms with Gasteiger partial charge in [-0.05, 0) is 55.3 Å². The number of benzene rings is 2. The minimum atomic E-state index is -3.78. The first-order valence-corrected chi connectivity index (χ1v) is 15.7. The summed E-state index contributed by atoms with van der Waals surface area (Å²) in [7, 11) is 1.78. The summed E-state index contributed by atoms with van der Waals surface area (Å²) in [5.41, 5.74) is 0.865. The number of carbonyl (C=O) groups is 5. The molecule has 13 heteroatoms. The van der Waals surface area contributed by atoms with Crippen LogP contribution < -0.4 is 5.32 Å². The summed E-state index contributed by atoms with van der Waals surface area (Å²) in [5.74, 6) is -7.45. The number of amides is 4. The number of rotatable bonds is 11. The number of fused-ring (bicyclic) bond motifs is 1.